The first-order chi connectivity index (χ1) is 8.72. The Morgan fingerprint density at radius 1 is 1.44 bits per heavy atom. The Morgan fingerprint density at radius 3 is 2.94 bits per heavy atom. The molecule has 1 aromatic carbocycles. The van der Waals surface area contributed by atoms with Gasteiger partial charge in [-0.25, -0.2) is 0 Å². The maximum Gasteiger partial charge on any atom is 0.142 e. The van der Waals surface area contributed by atoms with E-state index in [4.69, 9.17) is 21.6 Å². The number of hydrogen-bond acceptors (Lipinski definition) is 4. The first kappa shape index (κ1) is 12.7. The van der Waals surface area contributed by atoms with Crippen molar-refractivity contribution in [3.05, 3.63) is 45.1 Å². The van der Waals surface area contributed by atoms with Gasteiger partial charge in [0.2, 0.25) is 0 Å². The van der Waals surface area contributed by atoms with Gasteiger partial charge in [0, 0.05) is 21.8 Å². The summed E-state index contributed by atoms with van der Waals surface area (Å²) >= 11 is 7.50. The maximum absolute atomic E-state index is 8.75. The number of benzene rings is 1. The predicted octanol–water partition coefficient (Wildman–Crippen LogP) is 3.89. The van der Waals surface area contributed by atoms with E-state index in [1.807, 2.05) is 23.6 Å². The van der Waals surface area contributed by atoms with E-state index in [1.165, 1.54) is 0 Å². The third-order valence-electron chi connectivity index (χ3n) is 2.40. The highest BCUT2D eigenvalue weighted by atomic mass is 35.5. The molecule has 5 heteroatoms. The van der Waals surface area contributed by atoms with E-state index in [0.29, 0.717) is 17.1 Å². The molecule has 0 radical (unpaired) electrons. The summed E-state index contributed by atoms with van der Waals surface area (Å²) in [6, 6.07) is 9.40. The molecule has 92 valence electrons. The molecule has 1 aromatic heterocycles. The van der Waals surface area contributed by atoms with Gasteiger partial charge in [0.1, 0.15) is 11.8 Å². The summed E-state index contributed by atoms with van der Waals surface area (Å²) < 4.78 is 5.25. The fourth-order valence-electron chi connectivity index (χ4n) is 1.53. The third-order valence-corrected chi connectivity index (χ3v) is 3.57. The fourth-order valence-corrected chi connectivity index (χ4v) is 2.45. The van der Waals surface area contributed by atoms with Crippen molar-refractivity contribution in [3.8, 4) is 11.8 Å². The van der Waals surface area contributed by atoms with E-state index in [1.54, 1.807) is 24.5 Å². The largest absolute Gasteiger partial charge is 0.495 e. The molecule has 0 aliphatic heterocycles. The van der Waals surface area contributed by atoms with Gasteiger partial charge in [-0.1, -0.05) is 11.6 Å². The van der Waals surface area contributed by atoms with Crippen LogP contribution in [0.4, 0.5) is 5.69 Å². The number of anilines is 1. The van der Waals surface area contributed by atoms with Crippen LogP contribution in [-0.2, 0) is 6.54 Å². The monoisotopic (exact) mass is 278 g/mol. The molecule has 0 unspecified atom stereocenters. The fraction of sp³-hybridized carbons (Fsp3) is 0.154. The Morgan fingerprint density at radius 2 is 2.28 bits per heavy atom. The van der Waals surface area contributed by atoms with E-state index < -0.39 is 0 Å². The summed E-state index contributed by atoms with van der Waals surface area (Å²) in [5, 5.41) is 14.5. The zero-order valence-corrected chi connectivity index (χ0v) is 11.3. The van der Waals surface area contributed by atoms with Crippen LogP contribution in [0.1, 0.15) is 10.4 Å². The second kappa shape index (κ2) is 5.76. The molecule has 1 N–H and O–H groups in total. The minimum Gasteiger partial charge on any atom is -0.495 e. The van der Waals surface area contributed by atoms with Crippen LogP contribution in [0.25, 0.3) is 0 Å². The van der Waals surface area contributed by atoms with Crippen molar-refractivity contribution in [2.45, 2.75) is 6.54 Å². The molecule has 0 saturated heterocycles. The molecule has 0 aliphatic rings. The average Bonchev–Trinajstić information content (AvgIpc) is 2.84. The number of rotatable bonds is 4. The van der Waals surface area contributed by atoms with Gasteiger partial charge in [-0.05, 0) is 24.3 Å². The van der Waals surface area contributed by atoms with Gasteiger partial charge in [0.15, 0.2) is 0 Å². The molecule has 0 bridgehead atoms. The Balaban J connectivity index is 2.10. The quantitative estimate of drug-likeness (QED) is 0.923. The molecule has 0 spiro atoms. The van der Waals surface area contributed by atoms with E-state index in [-0.39, 0.29) is 0 Å². The highest BCUT2D eigenvalue weighted by molar-refractivity contribution is 7.10. The van der Waals surface area contributed by atoms with Gasteiger partial charge < -0.3 is 10.1 Å². The number of methoxy groups -OCH3 is 1. The topological polar surface area (TPSA) is 45.0 Å². The van der Waals surface area contributed by atoms with Crippen LogP contribution in [0.3, 0.4) is 0 Å². The highest BCUT2D eigenvalue weighted by Crippen LogP contribution is 2.28. The molecular weight excluding hydrogens is 268 g/mol. The lowest BCUT2D eigenvalue weighted by atomic mass is 10.3. The maximum atomic E-state index is 8.75. The van der Waals surface area contributed by atoms with Crippen LogP contribution in [0.15, 0.2) is 29.6 Å². The highest BCUT2D eigenvalue weighted by Gasteiger charge is 2.04. The molecule has 0 amide bonds. The Labute approximate surface area is 115 Å². The molecule has 0 saturated carbocycles. The van der Waals surface area contributed by atoms with Crippen molar-refractivity contribution < 1.29 is 4.74 Å². The van der Waals surface area contributed by atoms with E-state index >= 15 is 0 Å². The molecule has 0 aliphatic carbocycles. The molecule has 0 atom stereocenters. The zero-order chi connectivity index (χ0) is 13.0. The number of thiophene rings is 1. The van der Waals surface area contributed by atoms with Gasteiger partial charge in [-0.3, -0.25) is 0 Å². The normalized spacial score (nSPS) is 9.83. The van der Waals surface area contributed by atoms with E-state index in [9.17, 15) is 0 Å². The molecule has 2 aromatic rings. The summed E-state index contributed by atoms with van der Waals surface area (Å²) in [4.78, 5) is 1.09. The standard InChI is InChI=1S/C13H11ClN2OS/c1-17-13-3-2-10(14)5-12(13)16-7-11-4-9(6-15)8-18-11/h2-5,8,16H,7H2,1H3. The minimum atomic E-state index is 0.642. The number of hydrogen-bond donors (Lipinski definition) is 1. The lowest BCUT2D eigenvalue weighted by Gasteiger charge is -2.10. The van der Waals surface area contributed by atoms with Crippen LogP contribution < -0.4 is 10.1 Å². The van der Waals surface area contributed by atoms with Crippen LogP contribution in [-0.4, -0.2) is 7.11 Å². The van der Waals surface area contributed by atoms with Crippen molar-refractivity contribution in [1.82, 2.24) is 0 Å². The number of nitrogens with one attached hydrogen (secondary N) is 1. The van der Waals surface area contributed by atoms with Crippen molar-refractivity contribution in [2.75, 3.05) is 12.4 Å². The van der Waals surface area contributed by atoms with E-state index in [0.717, 1.165) is 16.3 Å². The molecule has 3 nitrogen and oxygen atoms in total. The van der Waals surface area contributed by atoms with Crippen LogP contribution in [0, 0.1) is 11.3 Å². The lowest BCUT2D eigenvalue weighted by Crippen LogP contribution is -1.99. The summed E-state index contributed by atoms with van der Waals surface area (Å²) in [5.41, 5.74) is 1.53. The molecule has 1 heterocycles. The number of halogens is 1. The number of nitriles is 1. The van der Waals surface area contributed by atoms with Gasteiger partial charge in [-0.2, -0.15) is 5.26 Å². The first-order valence-corrected chi connectivity index (χ1v) is 6.53. The van der Waals surface area contributed by atoms with Crippen molar-refractivity contribution in [3.63, 3.8) is 0 Å². The molecular formula is C13H11ClN2OS. The van der Waals surface area contributed by atoms with Gasteiger partial charge in [-0.15, -0.1) is 11.3 Å². The van der Waals surface area contributed by atoms with Crippen molar-refractivity contribution in [2.24, 2.45) is 0 Å². The lowest BCUT2D eigenvalue weighted by molar-refractivity contribution is 0.416. The van der Waals surface area contributed by atoms with Crippen LogP contribution in [0.2, 0.25) is 5.02 Å². The Hall–Kier alpha value is -1.70. The second-order valence-electron chi connectivity index (χ2n) is 3.61. The smallest absolute Gasteiger partial charge is 0.142 e. The predicted molar refractivity (Wildman–Crippen MR) is 74.4 cm³/mol. The second-order valence-corrected chi connectivity index (χ2v) is 5.04. The number of nitrogens with zero attached hydrogens (tertiary/aromatic N) is 1. The molecule has 18 heavy (non-hydrogen) atoms. The molecule has 2 rings (SSSR count). The first-order valence-electron chi connectivity index (χ1n) is 5.28. The van der Waals surface area contributed by atoms with Gasteiger partial charge in [0.05, 0.1) is 18.4 Å². The van der Waals surface area contributed by atoms with Crippen molar-refractivity contribution >= 4 is 28.6 Å². The summed E-state index contributed by atoms with van der Waals surface area (Å²) in [6.45, 7) is 0.642. The average molecular weight is 279 g/mol. The summed E-state index contributed by atoms with van der Waals surface area (Å²) in [7, 11) is 1.62. The van der Waals surface area contributed by atoms with Crippen molar-refractivity contribution in [1.29, 1.82) is 5.26 Å². The van der Waals surface area contributed by atoms with Crippen LogP contribution in [0.5, 0.6) is 5.75 Å². The molecule has 0 fully saturated rings. The summed E-state index contributed by atoms with van der Waals surface area (Å²) in [6.07, 6.45) is 0. The van der Waals surface area contributed by atoms with Crippen LogP contribution >= 0.6 is 22.9 Å². The van der Waals surface area contributed by atoms with Gasteiger partial charge >= 0.3 is 0 Å². The number of ether oxygens (including phenoxy) is 1. The van der Waals surface area contributed by atoms with Gasteiger partial charge in [0.25, 0.3) is 0 Å². The summed E-state index contributed by atoms with van der Waals surface area (Å²) in [5.74, 6) is 0.747. The zero-order valence-electron chi connectivity index (χ0n) is 9.74. The van der Waals surface area contributed by atoms with E-state index in [2.05, 4.69) is 11.4 Å². The minimum absolute atomic E-state index is 0.642. The third kappa shape index (κ3) is 2.95. The Bertz CT molecular complexity index is 589. The Kier molecular flexibility index (Phi) is 4.08. The SMILES string of the molecule is COc1ccc(Cl)cc1NCc1cc(C#N)cs1.